The molecule has 1 N–H and O–H groups in total. The summed E-state index contributed by atoms with van der Waals surface area (Å²) in [6, 6.07) is 7.48. The number of halogens is 1. The molecular formula is C17H23ClN2O. The molecule has 21 heavy (non-hydrogen) atoms. The number of nitrogens with one attached hydrogen (secondary N) is 1. The molecule has 1 aromatic carbocycles. The molecule has 1 amide bonds. The number of hydrogen-bond donors (Lipinski definition) is 1. The summed E-state index contributed by atoms with van der Waals surface area (Å²) in [5.74, 6) is 1.43. The standard InChI is InChI=1S/C17H23ClN2O/c1-20-10-9-15-13(11-20)3-2-4-16(15)19-17(21)12-5-7-14(18)8-6-12/h5-8,13,15-16H,2-4,9-11H2,1H3,(H,19,21)/t13-,15-,16-/m1/s1. The van der Waals surface area contributed by atoms with Gasteiger partial charge in [-0.3, -0.25) is 4.79 Å². The van der Waals surface area contributed by atoms with Crippen molar-refractivity contribution in [1.29, 1.82) is 0 Å². The second-order valence-corrected chi connectivity index (χ2v) is 6.93. The first-order valence-corrected chi connectivity index (χ1v) is 8.26. The Hall–Kier alpha value is -1.06. The molecule has 1 aromatic rings. The lowest BCUT2D eigenvalue weighted by Gasteiger charge is -2.44. The summed E-state index contributed by atoms with van der Waals surface area (Å²) in [5, 5.41) is 3.93. The lowest BCUT2D eigenvalue weighted by molar-refractivity contribution is 0.0661. The summed E-state index contributed by atoms with van der Waals surface area (Å²) in [4.78, 5) is 14.8. The van der Waals surface area contributed by atoms with Crippen LogP contribution in [0.2, 0.25) is 5.02 Å². The minimum Gasteiger partial charge on any atom is -0.349 e. The number of amides is 1. The van der Waals surface area contributed by atoms with Crippen molar-refractivity contribution in [3.05, 3.63) is 34.9 Å². The minimum atomic E-state index is 0.0382. The fourth-order valence-corrected chi connectivity index (χ4v) is 4.04. The predicted molar refractivity (Wildman–Crippen MR) is 85.7 cm³/mol. The van der Waals surface area contributed by atoms with E-state index in [0.717, 1.165) is 18.9 Å². The molecule has 2 aliphatic rings. The SMILES string of the molecule is CN1CC[C@@H]2[C@H](CCC[C@H]2NC(=O)c2ccc(Cl)cc2)C1. The van der Waals surface area contributed by atoms with Gasteiger partial charge in [0.05, 0.1) is 0 Å². The molecule has 1 aliphatic heterocycles. The van der Waals surface area contributed by atoms with Gasteiger partial charge in [-0.1, -0.05) is 18.0 Å². The second kappa shape index (κ2) is 6.37. The number of likely N-dealkylation sites (tertiary alicyclic amines) is 1. The van der Waals surface area contributed by atoms with Crippen LogP contribution in [0.1, 0.15) is 36.0 Å². The molecule has 1 saturated carbocycles. The Kier molecular flexibility index (Phi) is 4.51. The number of piperidine rings is 1. The third kappa shape index (κ3) is 3.41. The second-order valence-electron chi connectivity index (χ2n) is 6.49. The normalized spacial score (nSPS) is 29.7. The molecule has 2 fully saturated rings. The number of rotatable bonds is 2. The quantitative estimate of drug-likeness (QED) is 0.910. The van der Waals surface area contributed by atoms with Crippen LogP contribution < -0.4 is 5.32 Å². The van der Waals surface area contributed by atoms with Crippen LogP contribution in [-0.2, 0) is 0 Å². The van der Waals surface area contributed by atoms with Gasteiger partial charge in [0, 0.05) is 23.2 Å². The Morgan fingerprint density at radius 2 is 2.00 bits per heavy atom. The average Bonchev–Trinajstić information content (AvgIpc) is 2.47. The fourth-order valence-electron chi connectivity index (χ4n) is 3.91. The van der Waals surface area contributed by atoms with Crippen LogP contribution in [0.15, 0.2) is 24.3 Å². The molecule has 114 valence electrons. The maximum Gasteiger partial charge on any atom is 0.251 e. The molecule has 0 spiro atoms. The van der Waals surface area contributed by atoms with Crippen LogP contribution in [0.4, 0.5) is 0 Å². The van der Waals surface area contributed by atoms with E-state index in [-0.39, 0.29) is 5.91 Å². The van der Waals surface area contributed by atoms with Gasteiger partial charge in [-0.05, 0) is 69.0 Å². The van der Waals surface area contributed by atoms with Crippen molar-refractivity contribution in [2.75, 3.05) is 20.1 Å². The average molecular weight is 307 g/mol. The van der Waals surface area contributed by atoms with Gasteiger partial charge in [-0.25, -0.2) is 0 Å². The number of carbonyl (C=O) groups is 1. The van der Waals surface area contributed by atoms with Crippen molar-refractivity contribution in [1.82, 2.24) is 10.2 Å². The molecule has 0 bridgehead atoms. The topological polar surface area (TPSA) is 32.3 Å². The molecule has 3 atom stereocenters. The molecule has 3 nitrogen and oxygen atoms in total. The Morgan fingerprint density at radius 3 is 2.76 bits per heavy atom. The van der Waals surface area contributed by atoms with Crippen molar-refractivity contribution < 1.29 is 4.79 Å². The van der Waals surface area contributed by atoms with E-state index >= 15 is 0 Å². The highest BCUT2D eigenvalue weighted by molar-refractivity contribution is 6.30. The highest BCUT2D eigenvalue weighted by Gasteiger charge is 2.37. The predicted octanol–water partition coefficient (Wildman–Crippen LogP) is 3.19. The van der Waals surface area contributed by atoms with Crippen LogP contribution in [0.25, 0.3) is 0 Å². The molecule has 3 rings (SSSR count). The zero-order valence-corrected chi connectivity index (χ0v) is 13.3. The van der Waals surface area contributed by atoms with Gasteiger partial charge < -0.3 is 10.2 Å². The summed E-state index contributed by atoms with van der Waals surface area (Å²) >= 11 is 5.88. The summed E-state index contributed by atoms with van der Waals surface area (Å²) in [6.45, 7) is 2.33. The van der Waals surface area contributed by atoms with Crippen LogP contribution in [0.3, 0.4) is 0 Å². The summed E-state index contributed by atoms with van der Waals surface area (Å²) < 4.78 is 0. The minimum absolute atomic E-state index is 0.0382. The van der Waals surface area contributed by atoms with E-state index in [1.165, 1.54) is 25.8 Å². The van der Waals surface area contributed by atoms with E-state index in [1.54, 1.807) is 24.3 Å². The number of carbonyl (C=O) groups excluding carboxylic acids is 1. The van der Waals surface area contributed by atoms with Gasteiger partial charge in [0.15, 0.2) is 0 Å². The smallest absolute Gasteiger partial charge is 0.251 e. The maximum absolute atomic E-state index is 12.4. The molecule has 4 heteroatoms. The Balaban J connectivity index is 1.66. The third-order valence-corrected chi connectivity index (χ3v) is 5.28. The lowest BCUT2D eigenvalue weighted by atomic mass is 9.72. The summed E-state index contributed by atoms with van der Waals surface area (Å²) in [5.41, 5.74) is 0.703. The van der Waals surface area contributed by atoms with Crippen molar-refractivity contribution in [3.63, 3.8) is 0 Å². The third-order valence-electron chi connectivity index (χ3n) is 5.03. The monoisotopic (exact) mass is 306 g/mol. The van der Waals surface area contributed by atoms with E-state index < -0.39 is 0 Å². The first-order chi connectivity index (χ1) is 10.1. The van der Waals surface area contributed by atoms with Gasteiger partial charge in [0.2, 0.25) is 0 Å². The largest absolute Gasteiger partial charge is 0.349 e. The van der Waals surface area contributed by atoms with Gasteiger partial charge in [0.1, 0.15) is 0 Å². The first kappa shape index (κ1) is 14.9. The molecular weight excluding hydrogens is 284 g/mol. The van der Waals surface area contributed by atoms with Gasteiger partial charge in [-0.15, -0.1) is 0 Å². The van der Waals surface area contributed by atoms with Crippen LogP contribution in [-0.4, -0.2) is 37.0 Å². The highest BCUT2D eigenvalue weighted by Crippen LogP contribution is 2.36. The van der Waals surface area contributed by atoms with E-state index in [2.05, 4.69) is 17.3 Å². The van der Waals surface area contributed by atoms with Gasteiger partial charge in [-0.2, -0.15) is 0 Å². The molecule has 0 unspecified atom stereocenters. The molecule has 0 aromatic heterocycles. The van der Waals surface area contributed by atoms with Gasteiger partial charge >= 0.3 is 0 Å². The Bertz CT molecular complexity index is 502. The molecule has 1 heterocycles. The zero-order valence-electron chi connectivity index (χ0n) is 12.5. The fraction of sp³-hybridized carbons (Fsp3) is 0.588. The van der Waals surface area contributed by atoms with Gasteiger partial charge in [0.25, 0.3) is 5.91 Å². The van der Waals surface area contributed by atoms with Crippen molar-refractivity contribution >= 4 is 17.5 Å². The van der Waals surface area contributed by atoms with E-state index in [1.807, 2.05) is 0 Å². The van der Waals surface area contributed by atoms with E-state index in [9.17, 15) is 4.79 Å². The van der Waals surface area contributed by atoms with Crippen molar-refractivity contribution in [3.8, 4) is 0 Å². The molecule has 0 radical (unpaired) electrons. The first-order valence-electron chi connectivity index (χ1n) is 7.88. The number of benzene rings is 1. The lowest BCUT2D eigenvalue weighted by Crippen LogP contribution is -2.51. The molecule has 1 aliphatic carbocycles. The number of hydrogen-bond acceptors (Lipinski definition) is 2. The van der Waals surface area contributed by atoms with E-state index in [0.29, 0.717) is 22.5 Å². The number of fused-ring (bicyclic) bond motifs is 1. The summed E-state index contributed by atoms with van der Waals surface area (Å²) in [7, 11) is 2.20. The number of nitrogens with zero attached hydrogens (tertiary/aromatic N) is 1. The zero-order chi connectivity index (χ0) is 14.8. The molecule has 1 saturated heterocycles. The van der Waals surface area contributed by atoms with Crippen LogP contribution >= 0.6 is 11.6 Å². The van der Waals surface area contributed by atoms with Crippen molar-refractivity contribution in [2.45, 2.75) is 31.7 Å². The maximum atomic E-state index is 12.4. The van der Waals surface area contributed by atoms with Crippen LogP contribution in [0, 0.1) is 11.8 Å². The highest BCUT2D eigenvalue weighted by atomic mass is 35.5. The Morgan fingerprint density at radius 1 is 1.24 bits per heavy atom. The van der Waals surface area contributed by atoms with Crippen molar-refractivity contribution in [2.24, 2.45) is 11.8 Å². The Labute approximate surface area is 131 Å². The summed E-state index contributed by atoms with van der Waals surface area (Å²) in [6.07, 6.45) is 4.85. The van der Waals surface area contributed by atoms with E-state index in [4.69, 9.17) is 11.6 Å². The van der Waals surface area contributed by atoms with Crippen LogP contribution in [0.5, 0.6) is 0 Å².